The Bertz CT molecular complexity index is 1030. The van der Waals surface area contributed by atoms with Crippen molar-refractivity contribution in [3.63, 3.8) is 0 Å². The van der Waals surface area contributed by atoms with E-state index >= 15 is 0 Å². The van der Waals surface area contributed by atoms with Gasteiger partial charge in [0.2, 0.25) is 0 Å². The smallest absolute Gasteiger partial charge is 0.356 e. The first-order valence-electron chi connectivity index (χ1n) is 10.2. The summed E-state index contributed by atoms with van der Waals surface area (Å²) in [4.78, 5) is 39.0. The summed E-state index contributed by atoms with van der Waals surface area (Å²) in [6, 6.07) is 18.8. The summed E-state index contributed by atoms with van der Waals surface area (Å²) in [5, 5.41) is -0.384. The van der Waals surface area contributed by atoms with E-state index < -0.39 is 23.6 Å². The minimum Gasteiger partial charge on any atom is -0.461 e. The van der Waals surface area contributed by atoms with Gasteiger partial charge >= 0.3 is 11.9 Å². The zero-order valence-electron chi connectivity index (χ0n) is 17.8. The predicted octanol–water partition coefficient (Wildman–Crippen LogP) is 2.77. The molecule has 32 heavy (non-hydrogen) atoms. The Balaban J connectivity index is 1.70. The van der Waals surface area contributed by atoms with Crippen molar-refractivity contribution in [2.24, 2.45) is 5.73 Å². The summed E-state index contributed by atoms with van der Waals surface area (Å²) in [5.41, 5.74) is 7.33. The van der Waals surface area contributed by atoms with Crippen LogP contribution in [0.1, 0.15) is 31.1 Å². The maximum atomic E-state index is 13.5. The third kappa shape index (κ3) is 4.03. The standard InChI is InChI=1S/C24H24N2O5S/c1-15(27)30-13-18-14-32-23-24(2,25)22(29)26(23)19(18)21(28)31-20(16-9-5-3-6-10-16)17-11-7-4-8-12-17/h3-12,20,23H,13-14,25H2,1-2H3/t23-,24?/m1/s1. The molecule has 1 saturated heterocycles. The lowest BCUT2D eigenvalue weighted by Crippen LogP contribution is -2.76. The molecule has 2 heterocycles. The number of thioether (sulfide) groups is 1. The Morgan fingerprint density at radius 3 is 2.22 bits per heavy atom. The van der Waals surface area contributed by atoms with Crippen LogP contribution in [0.15, 0.2) is 71.9 Å². The van der Waals surface area contributed by atoms with Crippen molar-refractivity contribution in [3.05, 3.63) is 83.1 Å². The van der Waals surface area contributed by atoms with Gasteiger partial charge in [-0.1, -0.05) is 60.7 Å². The number of carbonyl (C=O) groups excluding carboxylic acids is 3. The van der Waals surface area contributed by atoms with Gasteiger partial charge in [0.05, 0.1) is 0 Å². The Labute approximate surface area is 190 Å². The minimum atomic E-state index is -1.07. The van der Waals surface area contributed by atoms with E-state index in [1.54, 1.807) is 6.92 Å². The molecule has 0 radical (unpaired) electrons. The lowest BCUT2D eigenvalue weighted by Gasteiger charge is -2.54. The molecule has 2 aliphatic heterocycles. The first kappa shape index (κ1) is 22.1. The number of carbonyl (C=O) groups is 3. The summed E-state index contributed by atoms with van der Waals surface area (Å²) in [6.45, 7) is 2.86. The second-order valence-electron chi connectivity index (χ2n) is 7.96. The fourth-order valence-electron chi connectivity index (χ4n) is 3.85. The van der Waals surface area contributed by atoms with E-state index in [2.05, 4.69) is 0 Å². The fraction of sp³-hybridized carbons (Fsp3) is 0.292. The first-order valence-corrected chi connectivity index (χ1v) is 11.3. The third-order valence-corrected chi connectivity index (χ3v) is 7.02. The van der Waals surface area contributed by atoms with Crippen LogP contribution in [0, 0.1) is 0 Å². The van der Waals surface area contributed by atoms with Crippen molar-refractivity contribution >= 4 is 29.6 Å². The number of nitrogens with zero attached hydrogens (tertiary/aromatic N) is 1. The van der Waals surface area contributed by atoms with Crippen molar-refractivity contribution < 1.29 is 23.9 Å². The molecular weight excluding hydrogens is 428 g/mol. The normalized spacial score (nSPS) is 22.3. The first-order chi connectivity index (χ1) is 15.3. The molecule has 0 aromatic heterocycles. The molecule has 0 saturated carbocycles. The molecule has 0 bridgehead atoms. The highest BCUT2D eigenvalue weighted by atomic mass is 32.2. The summed E-state index contributed by atoms with van der Waals surface area (Å²) < 4.78 is 11.1. The van der Waals surface area contributed by atoms with Crippen LogP contribution in [0.2, 0.25) is 0 Å². The number of hydrogen-bond donors (Lipinski definition) is 1. The highest BCUT2D eigenvalue weighted by molar-refractivity contribution is 8.00. The number of rotatable bonds is 6. The topological polar surface area (TPSA) is 98.9 Å². The van der Waals surface area contributed by atoms with Crippen LogP contribution in [0.5, 0.6) is 0 Å². The van der Waals surface area contributed by atoms with Crippen LogP contribution in [-0.4, -0.2) is 46.0 Å². The van der Waals surface area contributed by atoms with E-state index in [4.69, 9.17) is 15.2 Å². The van der Waals surface area contributed by atoms with Gasteiger partial charge in [0.1, 0.15) is 23.2 Å². The molecule has 1 amide bonds. The molecule has 8 heteroatoms. The summed E-state index contributed by atoms with van der Waals surface area (Å²) in [5.74, 6) is -1.08. The van der Waals surface area contributed by atoms with E-state index in [0.29, 0.717) is 11.3 Å². The zero-order chi connectivity index (χ0) is 22.9. The number of ether oxygens (including phenoxy) is 2. The number of fused-ring (bicyclic) bond motifs is 1. The minimum absolute atomic E-state index is 0.0914. The molecule has 1 unspecified atom stereocenters. The molecule has 166 valence electrons. The summed E-state index contributed by atoms with van der Waals surface area (Å²) in [7, 11) is 0. The van der Waals surface area contributed by atoms with Crippen LogP contribution in [0.3, 0.4) is 0 Å². The molecule has 4 rings (SSSR count). The fourth-order valence-corrected chi connectivity index (χ4v) is 5.22. The van der Waals surface area contributed by atoms with Crippen molar-refractivity contribution in [1.82, 2.24) is 4.90 Å². The van der Waals surface area contributed by atoms with Crippen LogP contribution in [-0.2, 0) is 23.9 Å². The monoisotopic (exact) mass is 452 g/mol. The number of β-lactam (4-membered cyclic amide) rings is 1. The maximum absolute atomic E-state index is 13.5. The number of benzene rings is 2. The number of hydrogen-bond acceptors (Lipinski definition) is 7. The molecule has 7 nitrogen and oxygen atoms in total. The van der Waals surface area contributed by atoms with Crippen LogP contribution in [0.25, 0.3) is 0 Å². The van der Waals surface area contributed by atoms with Gasteiger partial charge in [0.15, 0.2) is 6.10 Å². The molecule has 0 spiro atoms. The van der Waals surface area contributed by atoms with Gasteiger partial charge in [-0.25, -0.2) is 4.79 Å². The quantitative estimate of drug-likeness (QED) is 0.531. The van der Waals surface area contributed by atoms with Gasteiger partial charge in [-0.3, -0.25) is 14.5 Å². The Morgan fingerprint density at radius 2 is 1.69 bits per heavy atom. The number of esters is 2. The number of nitrogens with two attached hydrogens (primary N) is 1. The van der Waals surface area contributed by atoms with E-state index in [0.717, 1.165) is 11.1 Å². The van der Waals surface area contributed by atoms with Crippen LogP contribution in [0.4, 0.5) is 0 Å². The van der Waals surface area contributed by atoms with Crippen molar-refractivity contribution in [3.8, 4) is 0 Å². The van der Waals surface area contributed by atoms with Crippen LogP contribution >= 0.6 is 11.8 Å². The second-order valence-corrected chi connectivity index (χ2v) is 9.03. The molecule has 2 aromatic rings. The predicted molar refractivity (Wildman–Crippen MR) is 120 cm³/mol. The Hall–Kier alpha value is -3.10. The molecule has 1 fully saturated rings. The molecule has 2 aliphatic rings. The van der Waals surface area contributed by atoms with Crippen molar-refractivity contribution in [2.75, 3.05) is 12.4 Å². The highest BCUT2D eigenvalue weighted by Gasteiger charge is 2.60. The Kier molecular flexibility index (Phi) is 6.08. The van der Waals surface area contributed by atoms with Crippen molar-refractivity contribution in [1.29, 1.82) is 0 Å². The van der Waals surface area contributed by atoms with Gasteiger partial charge in [0, 0.05) is 18.2 Å². The summed E-state index contributed by atoms with van der Waals surface area (Å²) in [6.07, 6.45) is -0.666. The number of amides is 1. The SMILES string of the molecule is CC(=O)OCC1=C(C(=O)OC(c2ccccc2)c2ccccc2)N2C(=O)C(C)(N)[C@H]2SC1. The van der Waals surface area contributed by atoms with E-state index in [-0.39, 0.29) is 23.6 Å². The lowest BCUT2D eigenvalue weighted by molar-refractivity contribution is -0.157. The van der Waals surface area contributed by atoms with E-state index in [9.17, 15) is 14.4 Å². The molecule has 2 aromatic carbocycles. The molecule has 2 atom stereocenters. The average Bonchev–Trinajstić information content (AvgIpc) is 2.81. The van der Waals surface area contributed by atoms with Crippen molar-refractivity contribution in [2.45, 2.75) is 30.9 Å². The second kappa shape index (κ2) is 8.80. The Morgan fingerprint density at radius 1 is 1.12 bits per heavy atom. The van der Waals surface area contributed by atoms with Gasteiger partial charge in [0.25, 0.3) is 5.91 Å². The van der Waals surface area contributed by atoms with Gasteiger partial charge in [-0.2, -0.15) is 0 Å². The average molecular weight is 453 g/mol. The third-order valence-electron chi connectivity index (χ3n) is 5.49. The molecule has 2 N–H and O–H groups in total. The molecule has 0 aliphatic carbocycles. The zero-order valence-corrected chi connectivity index (χ0v) is 18.6. The summed E-state index contributed by atoms with van der Waals surface area (Å²) >= 11 is 1.44. The van der Waals surface area contributed by atoms with Crippen LogP contribution < -0.4 is 5.73 Å². The maximum Gasteiger partial charge on any atom is 0.356 e. The van der Waals surface area contributed by atoms with Gasteiger partial charge in [-0.05, 0) is 18.1 Å². The van der Waals surface area contributed by atoms with Gasteiger partial charge in [-0.15, -0.1) is 11.8 Å². The van der Waals surface area contributed by atoms with Gasteiger partial charge < -0.3 is 15.2 Å². The largest absolute Gasteiger partial charge is 0.461 e. The highest BCUT2D eigenvalue weighted by Crippen LogP contribution is 2.45. The van der Waals surface area contributed by atoms with E-state index in [1.807, 2.05) is 60.7 Å². The lowest BCUT2D eigenvalue weighted by atomic mass is 9.89. The molecular formula is C24H24N2O5S. The van der Waals surface area contributed by atoms with E-state index in [1.165, 1.54) is 23.6 Å².